The molecule has 120 valence electrons. The molecule has 0 amide bonds. The molecule has 1 aromatic rings. The summed E-state index contributed by atoms with van der Waals surface area (Å²) in [6, 6.07) is 4.31. The van der Waals surface area contributed by atoms with Crippen LogP contribution in [0, 0.1) is 0 Å². The van der Waals surface area contributed by atoms with E-state index in [-0.39, 0.29) is 14.7 Å². The normalized spacial score (nSPS) is 23.1. The fourth-order valence-electron chi connectivity index (χ4n) is 2.04. The van der Waals surface area contributed by atoms with Crippen LogP contribution in [0.3, 0.4) is 0 Å². The van der Waals surface area contributed by atoms with Gasteiger partial charge in [-0.15, -0.1) is 0 Å². The molecule has 0 bridgehead atoms. The van der Waals surface area contributed by atoms with Crippen molar-refractivity contribution in [3.8, 4) is 0 Å². The first-order valence-electron chi connectivity index (χ1n) is 5.95. The van der Waals surface area contributed by atoms with Gasteiger partial charge >= 0.3 is 12.4 Å². The van der Waals surface area contributed by atoms with Crippen molar-refractivity contribution in [1.29, 1.82) is 0 Å². The van der Waals surface area contributed by atoms with Crippen molar-refractivity contribution in [2.24, 2.45) is 0 Å². The molecule has 0 radical (unpaired) electrons. The highest BCUT2D eigenvalue weighted by Crippen LogP contribution is 2.53. The Morgan fingerprint density at radius 1 is 1.05 bits per heavy atom. The monoisotopic (exact) mass is 496 g/mol. The van der Waals surface area contributed by atoms with E-state index in [4.69, 9.17) is 0 Å². The van der Waals surface area contributed by atoms with Crippen molar-refractivity contribution in [3.05, 3.63) is 51.1 Å². The van der Waals surface area contributed by atoms with E-state index in [1.54, 1.807) is 22.6 Å². The van der Waals surface area contributed by atoms with Crippen molar-refractivity contribution in [2.45, 2.75) is 23.1 Å². The molecule has 1 aromatic carbocycles. The zero-order chi connectivity index (χ0) is 16.8. The molecule has 0 nitrogen and oxygen atoms in total. The van der Waals surface area contributed by atoms with Crippen LogP contribution in [0.15, 0.2) is 40.0 Å². The van der Waals surface area contributed by atoms with Gasteiger partial charge in [0.05, 0.1) is 5.56 Å². The van der Waals surface area contributed by atoms with Gasteiger partial charge in [-0.25, -0.2) is 0 Å². The molecule has 22 heavy (non-hydrogen) atoms. The zero-order valence-electron chi connectivity index (χ0n) is 10.7. The maximum atomic E-state index is 13.2. The first kappa shape index (κ1) is 17.8. The number of allylic oxidation sites excluding steroid dienone is 4. The third-order valence-corrected chi connectivity index (χ3v) is 6.43. The first-order chi connectivity index (χ1) is 9.95. The molecule has 1 unspecified atom stereocenters. The van der Waals surface area contributed by atoms with Crippen LogP contribution in [0.5, 0.6) is 0 Å². The zero-order valence-corrected chi connectivity index (χ0v) is 14.4. The molecular formula is C14H8BrF6I. The lowest BCUT2D eigenvalue weighted by atomic mass is 9.88. The molecule has 1 aliphatic rings. The Bertz CT molecular complexity index is 643. The molecule has 0 aliphatic heterocycles. The molecule has 1 atom stereocenters. The Morgan fingerprint density at radius 2 is 1.68 bits per heavy atom. The number of hydrogen-bond acceptors (Lipinski definition) is 0. The van der Waals surface area contributed by atoms with Crippen LogP contribution in [0.2, 0.25) is 0 Å². The van der Waals surface area contributed by atoms with Crippen LogP contribution in [0.1, 0.15) is 17.5 Å². The quantitative estimate of drug-likeness (QED) is 0.236. The Morgan fingerprint density at radius 3 is 2.23 bits per heavy atom. The molecule has 8 heteroatoms. The second kappa shape index (κ2) is 5.85. The van der Waals surface area contributed by atoms with Gasteiger partial charge in [-0.1, -0.05) is 40.2 Å². The van der Waals surface area contributed by atoms with E-state index in [1.807, 2.05) is 0 Å². The summed E-state index contributed by atoms with van der Waals surface area (Å²) in [6.45, 7) is 0. The molecular weight excluding hydrogens is 489 g/mol. The fourth-order valence-corrected chi connectivity index (χ4v) is 3.15. The first-order valence-corrected chi connectivity index (χ1v) is 7.82. The van der Waals surface area contributed by atoms with Crippen LogP contribution in [0.25, 0.3) is 5.57 Å². The third kappa shape index (κ3) is 3.37. The van der Waals surface area contributed by atoms with Crippen LogP contribution in [-0.4, -0.2) is 10.5 Å². The van der Waals surface area contributed by atoms with Crippen LogP contribution in [-0.2, 0) is 6.18 Å². The van der Waals surface area contributed by atoms with E-state index in [0.717, 1.165) is 12.1 Å². The highest BCUT2D eigenvalue weighted by atomic mass is 127. The number of alkyl halides is 7. The van der Waals surface area contributed by atoms with E-state index in [0.29, 0.717) is 0 Å². The SMILES string of the molecule is FC(F)(F)c1cccc(C2=CC=C(I)C(Br)(C(F)(F)F)C2)c1. The smallest absolute Gasteiger partial charge is 0.169 e. The van der Waals surface area contributed by atoms with Crippen LogP contribution in [0.4, 0.5) is 26.3 Å². The maximum absolute atomic E-state index is 13.2. The van der Waals surface area contributed by atoms with Crippen molar-refractivity contribution >= 4 is 44.1 Å². The van der Waals surface area contributed by atoms with Gasteiger partial charge < -0.3 is 0 Å². The summed E-state index contributed by atoms with van der Waals surface area (Å²) < 4.78 is 75.6. The van der Waals surface area contributed by atoms with Gasteiger partial charge in [0.2, 0.25) is 0 Å². The Balaban J connectivity index is 2.44. The van der Waals surface area contributed by atoms with E-state index in [2.05, 4.69) is 15.9 Å². The Hall–Kier alpha value is -0.510. The van der Waals surface area contributed by atoms with Gasteiger partial charge in [0.25, 0.3) is 0 Å². The second-order valence-corrected chi connectivity index (χ2v) is 7.28. The summed E-state index contributed by atoms with van der Waals surface area (Å²) in [7, 11) is 0. The predicted octanol–water partition coefficient (Wildman–Crippen LogP) is 6.51. The van der Waals surface area contributed by atoms with Crippen molar-refractivity contribution < 1.29 is 26.3 Å². The van der Waals surface area contributed by atoms with E-state index in [1.165, 1.54) is 24.3 Å². The molecule has 1 aliphatic carbocycles. The van der Waals surface area contributed by atoms with Crippen LogP contribution >= 0.6 is 38.5 Å². The molecule has 0 spiro atoms. The van der Waals surface area contributed by atoms with E-state index >= 15 is 0 Å². The van der Waals surface area contributed by atoms with Gasteiger partial charge in [0, 0.05) is 10.0 Å². The van der Waals surface area contributed by atoms with Crippen molar-refractivity contribution in [2.75, 3.05) is 0 Å². The highest BCUT2D eigenvalue weighted by Gasteiger charge is 2.56. The number of rotatable bonds is 1. The standard InChI is InChI=1S/C14H8BrF6I/c15-12(14(19,20)21)7-9(4-5-11(12)22)8-2-1-3-10(6-8)13(16,17)18/h1-6H,7H2. The highest BCUT2D eigenvalue weighted by molar-refractivity contribution is 14.1. The van der Waals surface area contributed by atoms with E-state index in [9.17, 15) is 26.3 Å². The second-order valence-electron chi connectivity index (χ2n) is 4.76. The lowest BCUT2D eigenvalue weighted by Gasteiger charge is -2.33. The van der Waals surface area contributed by atoms with Crippen LogP contribution < -0.4 is 0 Å². The number of halogens is 8. The molecule has 2 rings (SSSR count). The minimum Gasteiger partial charge on any atom is -0.169 e. The Kier molecular flexibility index (Phi) is 4.74. The summed E-state index contributed by atoms with van der Waals surface area (Å²) >= 11 is 4.29. The number of hydrogen-bond donors (Lipinski definition) is 0. The average molecular weight is 497 g/mol. The van der Waals surface area contributed by atoms with Gasteiger partial charge in [-0.3, -0.25) is 0 Å². The maximum Gasteiger partial charge on any atom is 0.416 e. The van der Waals surface area contributed by atoms with Crippen molar-refractivity contribution in [3.63, 3.8) is 0 Å². The molecule has 0 saturated heterocycles. The summed E-state index contributed by atoms with van der Waals surface area (Å²) in [4.78, 5) is 0. The number of benzene rings is 1. The summed E-state index contributed by atoms with van der Waals surface area (Å²) in [6.07, 6.45) is -6.87. The van der Waals surface area contributed by atoms with Gasteiger partial charge in [-0.2, -0.15) is 26.3 Å². The predicted molar refractivity (Wildman–Crippen MR) is 83.9 cm³/mol. The largest absolute Gasteiger partial charge is 0.416 e. The molecule has 0 fully saturated rings. The molecule has 0 aromatic heterocycles. The van der Waals surface area contributed by atoms with Crippen molar-refractivity contribution in [1.82, 2.24) is 0 Å². The molecule has 0 N–H and O–H groups in total. The lowest BCUT2D eigenvalue weighted by Crippen LogP contribution is -2.40. The fraction of sp³-hybridized carbons (Fsp3) is 0.286. The average Bonchev–Trinajstić information content (AvgIpc) is 2.40. The minimum absolute atomic E-state index is 0.0355. The molecule has 0 saturated carbocycles. The topological polar surface area (TPSA) is 0 Å². The molecule has 0 heterocycles. The summed E-state index contributed by atoms with van der Waals surface area (Å²) in [5.41, 5.74) is -0.564. The van der Waals surface area contributed by atoms with E-state index < -0.39 is 28.7 Å². The van der Waals surface area contributed by atoms with Gasteiger partial charge in [0.15, 0.2) is 4.32 Å². The summed E-state index contributed by atoms with van der Waals surface area (Å²) in [5.74, 6) is 0. The Labute approximate surface area is 144 Å². The summed E-state index contributed by atoms with van der Waals surface area (Å²) in [5, 5.41) is 0. The minimum atomic E-state index is -4.55. The lowest BCUT2D eigenvalue weighted by molar-refractivity contribution is -0.145. The van der Waals surface area contributed by atoms with Gasteiger partial charge in [-0.05, 0) is 45.9 Å². The van der Waals surface area contributed by atoms with Gasteiger partial charge in [0.1, 0.15) is 0 Å². The third-order valence-electron chi connectivity index (χ3n) is 3.25.